The van der Waals surface area contributed by atoms with Crippen molar-refractivity contribution in [3.05, 3.63) is 29.0 Å². The molecule has 24 heavy (non-hydrogen) atoms. The van der Waals surface area contributed by atoms with Crippen molar-refractivity contribution in [3.63, 3.8) is 0 Å². The standard InChI is InChI=1S/C13H12Cl2F4N2O3/c1-2-24-11(23)12(13(17,18)19,21-10(22)6-14)20-7-3-4-9(16)8(15)5-7/h3-5,20H,2,6H2,1H3,(H,21,22)/t12-/m1/s1. The molecule has 5 nitrogen and oxygen atoms in total. The van der Waals surface area contributed by atoms with Crippen molar-refractivity contribution in [2.45, 2.75) is 18.8 Å². The van der Waals surface area contributed by atoms with E-state index in [1.807, 2.05) is 5.32 Å². The van der Waals surface area contributed by atoms with E-state index in [2.05, 4.69) is 4.74 Å². The van der Waals surface area contributed by atoms with Gasteiger partial charge in [0, 0.05) is 5.69 Å². The van der Waals surface area contributed by atoms with Gasteiger partial charge in [0.1, 0.15) is 11.7 Å². The summed E-state index contributed by atoms with van der Waals surface area (Å²) in [7, 11) is 0. The molecule has 0 fully saturated rings. The molecule has 1 atom stereocenters. The van der Waals surface area contributed by atoms with Crippen molar-refractivity contribution in [1.82, 2.24) is 5.32 Å². The molecule has 2 N–H and O–H groups in total. The third kappa shape index (κ3) is 4.41. The molecule has 0 bridgehead atoms. The molecule has 0 aromatic heterocycles. The lowest BCUT2D eigenvalue weighted by atomic mass is 10.1. The molecule has 0 heterocycles. The van der Waals surface area contributed by atoms with Gasteiger partial charge in [0.05, 0.1) is 11.6 Å². The first-order chi connectivity index (χ1) is 11.1. The summed E-state index contributed by atoms with van der Waals surface area (Å²) in [6.45, 7) is 0.913. The van der Waals surface area contributed by atoms with Crippen LogP contribution >= 0.6 is 23.2 Å². The van der Waals surface area contributed by atoms with Gasteiger partial charge in [-0.3, -0.25) is 4.79 Å². The number of nitrogens with one attached hydrogen (secondary N) is 2. The number of ether oxygens (including phenoxy) is 1. The van der Waals surface area contributed by atoms with E-state index in [0.717, 1.165) is 18.2 Å². The maximum atomic E-state index is 13.6. The van der Waals surface area contributed by atoms with Crippen LogP contribution in [0.2, 0.25) is 5.02 Å². The smallest absolute Gasteiger partial charge is 0.441 e. The lowest BCUT2D eigenvalue weighted by Gasteiger charge is -2.35. The Hall–Kier alpha value is -1.74. The number of hydrogen-bond acceptors (Lipinski definition) is 4. The summed E-state index contributed by atoms with van der Waals surface area (Å²) in [4.78, 5) is 23.4. The van der Waals surface area contributed by atoms with Crippen molar-refractivity contribution >= 4 is 40.8 Å². The summed E-state index contributed by atoms with van der Waals surface area (Å²) >= 11 is 10.7. The van der Waals surface area contributed by atoms with E-state index in [0.29, 0.717) is 0 Å². The molecule has 11 heteroatoms. The van der Waals surface area contributed by atoms with Gasteiger partial charge < -0.3 is 15.4 Å². The fraction of sp³-hybridized carbons (Fsp3) is 0.385. The Morgan fingerprint density at radius 3 is 2.38 bits per heavy atom. The normalized spacial score (nSPS) is 13.8. The van der Waals surface area contributed by atoms with Gasteiger partial charge in [-0.2, -0.15) is 13.2 Å². The third-order valence-corrected chi connectivity index (χ3v) is 3.24. The molecule has 0 saturated heterocycles. The first kappa shape index (κ1) is 20.3. The second kappa shape index (κ2) is 7.89. The number of esters is 1. The summed E-state index contributed by atoms with van der Waals surface area (Å²) in [5.41, 5.74) is -3.99. The minimum atomic E-state index is -5.30. The number of amides is 1. The highest BCUT2D eigenvalue weighted by Gasteiger charge is 2.63. The molecule has 0 radical (unpaired) electrons. The number of anilines is 1. The largest absolute Gasteiger partial charge is 0.463 e. The van der Waals surface area contributed by atoms with Gasteiger partial charge in [0.2, 0.25) is 5.91 Å². The summed E-state index contributed by atoms with van der Waals surface area (Å²) in [5.74, 6) is -4.79. The van der Waals surface area contributed by atoms with Gasteiger partial charge in [-0.1, -0.05) is 11.6 Å². The number of hydrogen-bond donors (Lipinski definition) is 2. The van der Waals surface area contributed by atoms with Crippen molar-refractivity contribution in [2.75, 3.05) is 17.8 Å². The minimum absolute atomic E-state index is 0.373. The number of alkyl halides is 4. The van der Waals surface area contributed by atoms with Crippen molar-refractivity contribution in [3.8, 4) is 0 Å². The van der Waals surface area contributed by atoms with Crippen LogP contribution in [0.15, 0.2) is 18.2 Å². The van der Waals surface area contributed by atoms with Gasteiger partial charge in [-0.25, -0.2) is 9.18 Å². The lowest BCUT2D eigenvalue weighted by Crippen LogP contribution is -2.69. The molecule has 0 unspecified atom stereocenters. The maximum Gasteiger partial charge on any atom is 0.441 e. The summed E-state index contributed by atoms with van der Waals surface area (Å²) < 4.78 is 58.3. The monoisotopic (exact) mass is 390 g/mol. The quantitative estimate of drug-likeness (QED) is 0.339. The fourth-order valence-electron chi connectivity index (χ4n) is 1.66. The molecule has 1 amide bonds. The number of benzene rings is 1. The van der Waals surface area contributed by atoms with E-state index >= 15 is 0 Å². The van der Waals surface area contributed by atoms with Crippen LogP contribution in [-0.2, 0) is 14.3 Å². The van der Waals surface area contributed by atoms with Gasteiger partial charge >= 0.3 is 17.8 Å². The average Bonchev–Trinajstić information content (AvgIpc) is 2.49. The Bertz CT molecular complexity index is 628. The van der Waals surface area contributed by atoms with Crippen LogP contribution < -0.4 is 10.6 Å². The van der Waals surface area contributed by atoms with Crippen LogP contribution in [0.3, 0.4) is 0 Å². The topological polar surface area (TPSA) is 67.4 Å². The summed E-state index contributed by atoms with van der Waals surface area (Å²) in [6, 6.07) is 2.53. The number of halogens is 6. The predicted molar refractivity (Wildman–Crippen MR) is 79.3 cm³/mol. The van der Waals surface area contributed by atoms with Crippen LogP contribution in [0, 0.1) is 5.82 Å². The molecule has 0 aliphatic carbocycles. The zero-order valence-electron chi connectivity index (χ0n) is 12.1. The molecule has 0 spiro atoms. The average molecular weight is 391 g/mol. The van der Waals surface area contributed by atoms with E-state index in [9.17, 15) is 27.2 Å². The van der Waals surface area contributed by atoms with Gasteiger partial charge in [-0.05, 0) is 25.1 Å². The zero-order chi connectivity index (χ0) is 18.5. The van der Waals surface area contributed by atoms with Crippen LogP contribution in [0.4, 0.5) is 23.2 Å². The van der Waals surface area contributed by atoms with E-state index in [1.165, 1.54) is 12.2 Å². The first-order valence-corrected chi connectivity index (χ1v) is 7.32. The molecular weight excluding hydrogens is 379 g/mol. The lowest BCUT2D eigenvalue weighted by molar-refractivity contribution is -0.207. The van der Waals surface area contributed by atoms with E-state index in [1.54, 1.807) is 0 Å². The zero-order valence-corrected chi connectivity index (χ0v) is 13.7. The second-order valence-electron chi connectivity index (χ2n) is 4.40. The summed E-state index contributed by atoms with van der Waals surface area (Å²) in [6.07, 6.45) is -5.30. The maximum absolute atomic E-state index is 13.6. The predicted octanol–water partition coefficient (Wildman–Crippen LogP) is 3.07. The molecule has 1 rings (SSSR count). The van der Waals surface area contributed by atoms with Gasteiger partial charge in [0.25, 0.3) is 0 Å². The summed E-state index contributed by atoms with van der Waals surface area (Å²) in [5, 5.41) is 2.80. The van der Waals surface area contributed by atoms with Crippen LogP contribution in [0.25, 0.3) is 0 Å². The Morgan fingerprint density at radius 1 is 1.29 bits per heavy atom. The molecule has 0 aliphatic heterocycles. The number of carbonyl (C=O) groups is 2. The van der Waals surface area contributed by atoms with E-state index in [-0.39, 0.29) is 12.3 Å². The molecule has 0 aliphatic rings. The van der Waals surface area contributed by atoms with Crippen molar-refractivity contribution in [2.24, 2.45) is 0 Å². The van der Waals surface area contributed by atoms with Crippen LogP contribution in [0.1, 0.15) is 6.92 Å². The SMILES string of the molecule is CCOC(=O)[C@](NC(=O)CCl)(Nc1ccc(F)c(Cl)c1)C(F)(F)F. The Labute approximate surface area is 144 Å². The Kier molecular flexibility index (Phi) is 6.67. The molecule has 1 aromatic carbocycles. The van der Waals surface area contributed by atoms with Crippen molar-refractivity contribution in [1.29, 1.82) is 0 Å². The Balaban J connectivity index is 3.39. The van der Waals surface area contributed by atoms with Crippen LogP contribution in [0.5, 0.6) is 0 Å². The molecule has 1 aromatic rings. The number of rotatable bonds is 6. The van der Waals surface area contributed by atoms with Gasteiger partial charge in [0.15, 0.2) is 0 Å². The highest BCUT2D eigenvalue weighted by molar-refractivity contribution is 6.31. The second-order valence-corrected chi connectivity index (χ2v) is 5.08. The Morgan fingerprint density at radius 2 is 1.92 bits per heavy atom. The molecular formula is C13H12Cl2F4N2O3. The van der Waals surface area contributed by atoms with E-state index in [4.69, 9.17) is 23.2 Å². The molecule has 0 saturated carbocycles. The van der Waals surface area contributed by atoms with E-state index < -0.39 is 40.4 Å². The fourth-order valence-corrected chi connectivity index (χ4v) is 1.91. The number of carbonyl (C=O) groups excluding carboxylic acids is 2. The van der Waals surface area contributed by atoms with Crippen LogP contribution in [-0.4, -0.2) is 36.2 Å². The minimum Gasteiger partial charge on any atom is -0.463 e. The van der Waals surface area contributed by atoms with Gasteiger partial charge in [-0.15, -0.1) is 11.6 Å². The first-order valence-electron chi connectivity index (χ1n) is 6.41. The highest BCUT2D eigenvalue weighted by Crippen LogP contribution is 2.34. The molecule has 134 valence electrons. The highest BCUT2D eigenvalue weighted by atomic mass is 35.5. The van der Waals surface area contributed by atoms with Crippen molar-refractivity contribution < 1.29 is 31.9 Å². The third-order valence-electron chi connectivity index (χ3n) is 2.71.